The molecule has 1 saturated heterocycles. The molecule has 24 heavy (non-hydrogen) atoms. The number of hydrogen-bond donors (Lipinski definition) is 0. The Morgan fingerprint density at radius 2 is 1.46 bits per heavy atom. The molecule has 2 rings (SSSR count). The smallest absolute Gasteiger partial charge is 0.00893 e. The fourth-order valence-electron chi connectivity index (χ4n) is 4.01. The summed E-state index contributed by atoms with van der Waals surface area (Å²) < 4.78 is 0. The van der Waals surface area contributed by atoms with Crippen molar-refractivity contribution >= 4 is 0 Å². The molecule has 1 heterocycles. The van der Waals surface area contributed by atoms with Crippen molar-refractivity contribution in [2.24, 2.45) is 23.7 Å². The van der Waals surface area contributed by atoms with Crippen molar-refractivity contribution in [3.8, 4) is 0 Å². The highest BCUT2D eigenvalue weighted by molar-refractivity contribution is 4.81. The zero-order valence-corrected chi connectivity index (χ0v) is 17.4. The van der Waals surface area contributed by atoms with Crippen LogP contribution in [-0.2, 0) is 0 Å². The number of likely N-dealkylation sites (tertiary alicyclic amines) is 1. The highest BCUT2D eigenvalue weighted by Crippen LogP contribution is 2.29. The van der Waals surface area contributed by atoms with Gasteiger partial charge in [0.1, 0.15) is 0 Å². The number of hydrogen-bond acceptors (Lipinski definition) is 2. The first-order chi connectivity index (χ1) is 11.3. The van der Waals surface area contributed by atoms with Gasteiger partial charge in [-0.3, -0.25) is 0 Å². The number of nitrogens with zero attached hydrogens (tertiary/aromatic N) is 2. The molecule has 0 amide bonds. The lowest BCUT2D eigenvalue weighted by atomic mass is 9.83. The summed E-state index contributed by atoms with van der Waals surface area (Å²) in [7, 11) is 4.48. The average molecular weight is 337 g/mol. The number of piperidine rings is 1. The van der Waals surface area contributed by atoms with Crippen molar-refractivity contribution in [1.29, 1.82) is 0 Å². The van der Waals surface area contributed by atoms with E-state index in [1.807, 2.05) is 6.08 Å². The van der Waals surface area contributed by atoms with Gasteiger partial charge in [0.15, 0.2) is 0 Å². The molecule has 142 valence electrons. The van der Waals surface area contributed by atoms with E-state index in [1.165, 1.54) is 58.2 Å². The van der Waals surface area contributed by atoms with Crippen LogP contribution in [0.25, 0.3) is 0 Å². The molecule has 0 unspecified atom stereocenters. The van der Waals surface area contributed by atoms with Crippen LogP contribution in [0.15, 0.2) is 12.7 Å². The summed E-state index contributed by atoms with van der Waals surface area (Å²) >= 11 is 0. The second-order valence-corrected chi connectivity index (χ2v) is 9.00. The molecule has 0 atom stereocenters. The highest BCUT2D eigenvalue weighted by atomic mass is 15.1. The lowest BCUT2D eigenvalue weighted by molar-refractivity contribution is 0.113. The average Bonchev–Trinajstić information content (AvgIpc) is 2.56. The first kappa shape index (κ1) is 21.7. The van der Waals surface area contributed by atoms with E-state index >= 15 is 0 Å². The first-order valence-corrected chi connectivity index (χ1v) is 10.3. The maximum atomic E-state index is 3.56. The molecule has 2 heteroatoms. The molecule has 0 aromatic heterocycles. The summed E-state index contributed by atoms with van der Waals surface area (Å²) in [5.41, 5.74) is 0. The Kier molecular flexibility index (Phi) is 10.2. The highest BCUT2D eigenvalue weighted by Gasteiger charge is 2.26. The minimum atomic E-state index is 0.648. The fraction of sp³-hybridized carbons (Fsp3) is 0.909. The van der Waals surface area contributed by atoms with Crippen molar-refractivity contribution in [3.63, 3.8) is 0 Å². The molecule has 2 fully saturated rings. The second-order valence-electron chi connectivity index (χ2n) is 9.00. The zero-order valence-electron chi connectivity index (χ0n) is 17.4. The summed E-state index contributed by atoms with van der Waals surface area (Å²) in [6.45, 7) is 16.6. The molecule has 1 saturated carbocycles. The molecule has 2 nitrogen and oxygen atoms in total. The van der Waals surface area contributed by atoms with Gasteiger partial charge in [-0.15, -0.1) is 6.58 Å². The molecular formula is C22H44N2. The molecular weight excluding hydrogens is 292 g/mol. The van der Waals surface area contributed by atoms with Crippen LogP contribution in [0.5, 0.6) is 0 Å². The Hall–Kier alpha value is -0.340. The SMILES string of the molecule is C=CC(C)C.CC(C)C1CCN(CC2CCC(N(C)C)CC2)CC1. The molecule has 2 aliphatic rings. The predicted molar refractivity (Wildman–Crippen MR) is 108 cm³/mol. The van der Waals surface area contributed by atoms with Gasteiger partial charge in [0.25, 0.3) is 0 Å². The largest absolute Gasteiger partial charge is 0.306 e. The standard InChI is InChI=1S/C17H34N2.C5H10/c1-14(2)16-9-11-19(12-10-16)13-15-5-7-17(8-6-15)18(3)4;1-4-5(2)3/h14-17H,5-13H2,1-4H3;4-5H,1H2,2-3H3. The van der Waals surface area contributed by atoms with E-state index in [2.05, 4.69) is 58.2 Å². The maximum Gasteiger partial charge on any atom is 0.00893 e. The van der Waals surface area contributed by atoms with Gasteiger partial charge in [0.05, 0.1) is 0 Å². The van der Waals surface area contributed by atoms with Crippen LogP contribution in [0.4, 0.5) is 0 Å². The monoisotopic (exact) mass is 336 g/mol. The van der Waals surface area contributed by atoms with Crippen LogP contribution in [0, 0.1) is 23.7 Å². The van der Waals surface area contributed by atoms with E-state index in [0.29, 0.717) is 5.92 Å². The van der Waals surface area contributed by atoms with Gasteiger partial charge in [0, 0.05) is 12.6 Å². The van der Waals surface area contributed by atoms with Crippen LogP contribution in [-0.4, -0.2) is 49.6 Å². The van der Waals surface area contributed by atoms with Gasteiger partial charge in [-0.05, 0) is 89.4 Å². The summed E-state index contributed by atoms with van der Waals surface area (Å²) in [5, 5.41) is 0. The van der Waals surface area contributed by atoms with E-state index in [1.54, 1.807) is 0 Å². The quantitative estimate of drug-likeness (QED) is 0.628. The third kappa shape index (κ3) is 8.16. The number of allylic oxidation sites excluding steroid dienone is 1. The van der Waals surface area contributed by atoms with E-state index in [4.69, 9.17) is 0 Å². The van der Waals surface area contributed by atoms with Crippen molar-refractivity contribution in [2.45, 2.75) is 72.3 Å². The second kappa shape index (κ2) is 11.3. The van der Waals surface area contributed by atoms with Crippen LogP contribution < -0.4 is 0 Å². The van der Waals surface area contributed by atoms with E-state index in [9.17, 15) is 0 Å². The van der Waals surface area contributed by atoms with Gasteiger partial charge in [-0.25, -0.2) is 0 Å². The molecule has 0 aromatic carbocycles. The normalized spacial score (nSPS) is 26.5. The van der Waals surface area contributed by atoms with Gasteiger partial charge < -0.3 is 9.80 Å². The topological polar surface area (TPSA) is 6.48 Å². The lowest BCUT2D eigenvalue weighted by Gasteiger charge is -2.38. The third-order valence-corrected chi connectivity index (χ3v) is 6.11. The minimum absolute atomic E-state index is 0.648. The van der Waals surface area contributed by atoms with Crippen molar-refractivity contribution in [1.82, 2.24) is 9.80 Å². The Labute approximate surface area is 152 Å². The first-order valence-electron chi connectivity index (χ1n) is 10.3. The van der Waals surface area contributed by atoms with Crippen LogP contribution in [0.3, 0.4) is 0 Å². The van der Waals surface area contributed by atoms with E-state index in [0.717, 1.165) is 23.8 Å². The molecule has 0 N–H and O–H groups in total. The predicted octanol–water partition coefficient (Wildman–Crippen LogP) is 5.30. The summed E-state index contributed by atoms with van der Waals surface area (Å²) in [5.74, 6) is 3.50. The van der Waals surface area contributed by atoms with Gasteiger partial charge >= 0.3 is 0 Å². The lowest BCUT2D eigenvalue weighted by Crippen LogP contribution is -2.40. The minimum Gasteiger partial charge on any atom is -0.306 e. The Balaban J connectivity index is 0.000000505. The summed E-state index contributed by atoms with van der Waals surface area (Å²) in [4.78, 5) is 5.17. The number of rotatable bonds is 5. The third-order valence-electron chi connectivity index (χ3n) is 6.11. The van der Waals surface area contributed by atoms with E-state index in [-0.39, 0.29) is 0 Å². The van der Waals surface area contributed by atoms with Gasteiger partial charge in [-0.1, -0.05) is 33.8 Å². The zero-order chi connectivity index (χ0) is 18.1. The Morgan fingerprint density at radius 3 is 1.83 bits per heavy atom. The van der Waals surface area contributed by atoms with Crippen LogP contribution in [0.2, 0.25) is 0 Å². The van der Waals surface area contributed by atoms with E-state index < -0.39 is 0 Å². The molecule has 0 spiro atoms. The van der Waals surface area contributed by atoms with Gasteiger partial charge in [-0.2, -0.15) is 0 Å². The van der Waals surface area contributed by atoms with Crippen molar-refractivity contribution in [3.05, 3.63) is 12.7 Å². The Morgan fingerprint density at radius 1 is 0.958 bits per heavy atom. The molecule has 0 radical (unpaired) electrons. The molecule has 1 aliphatic heterocycles. The molecule has 0 bridgehead atoms. The van der Waals surface area contributed by atoms with Crippen LogP contribution in [0.1, 0.15) is 66.2 Å². The van der Waals surface area contributed by atoms with Crippen molar-refractivity contribution in [2.75, 3.05) is 33.7 Å². The summed E-state index contributed by atoms with van der Waals surface area (Å²) in [6, 6.07) is 0.850. The maximum absolute atomic E-state index is 3.56. The van der Waals surface area contributed by atoms with Crippen molar-refractivity contribution < 1.29 is 0 Å². The fourth-order valence-corrected chi connectivity index (χ4v) is 4.01. The van der Waals surface area contributed by atoms with Crippen LogP contribution >= 0.6 is 0 Å². The summed E-state index contributed by atoms with van der Waals surface area (Å²) in [6.07, 6.45) is 10.5. The van der Waals surface area contributed by atoms with Gasteiger partial charge in [0.2, 0.25) is 0 Å². The molecule has 0 aromatic rings. The molecule has 1 aliphatic carbocycles. The Bertz CT molecular complexity index is 293.